The van der Waals surface area contributed by atoms with E-state index >= 15 is 0 Å². The predicted molar refractivity (Wildman–Crippen MR) is 71.5 cm³/mol. The summed E-state index contributed by atoms with van der Waals surface area (Å²) in [5, 5.41) is 9.29. The molecule has 0 radical (unpaired) electrons. The van der Waals surface area contributed by atoms with E-state index < -0.39 is 5.41 Å². The standard InChI is InChI=1S/C15H27NO/c1-12(17)8-15(7,11-16)10-14(5,6)9-13(2,3)4/h8-10H2,1-7H3. The van der Waals surface area contributed by atoms with Gasteiger partial charge >= 0.3 is 0 Å². The maximum absolute atomic E-state index is 11.2. The molecule has 0 amide bonds. The first-order chi connectivity index (χ1) is 7.39. The van der Waals surface area contributed by atoms with Crippen LogP contribution in [-0.4, -0.2) is 5.78 Å². The van der Waals surface area contributed by atoms with Crippen molar-refractivity contribution in [3.05, 3.63) is 0 Å². The van der Waals surface area contributed by atoms with E-state index in [0.29, 0.717) is 6.42 Å². The average Bonchev–Trinajstić information content (AvgIpc) is 1.95. The van der Waals surface area contributed by atoms with Gasteiger partial charge in [0.2, 0.25) is 0 Å². The molecule has 0 heterocycles. The molecule has 0 saturated carbocycles. The number of rotatable bonds is 5. The lowest BCUT2D eigenvalue weighted by atomic mass is 9.67. The van der Waals surface area contributed by atoms with Crippen LogP contribution in [0.25, 0.3) is 0 Å². The van der Waals surface area contributed by atoms with Gasteiger partial charge in [-0.1, -0.05) is 34.6 Å². The van der Waals surface area contributed by atoms with Gasteiger partial charge in [0.15, 0.2) is 0 Å². The molecular formula is C15H27NO. The van der Waals surface area contributed by atoms with Crippen molar-refractivity contribution in [3.8, 4) is 6.07 Å². The van der Waals surface area contributed by atoms with Crippen LogP contribution in [0.15, 0.2) is 0 Å². The second kappa shape index (κ2) is 5.21. The zero-order valence-corrected chi connectivity index (χ0v) is 12.5. The molecule has 0 aliphatic heterocycles. The van der Waals surface area contributed by atoms with E-state index in [-0.39, 0.29) is 16.6 Å². The number of ketones is 1. The van der Waals surface area contributed by atoms with E-state index in [1.165, 1.54) is 0 Å². The Bertz CT molecular complexity index is 317. The van der Waals surface area contributed by atoms with Gasteiger partial charge < -0.3 is 0 Å². The van der Waals surface area contributed by atoms with Crippen molar-refractivity contribution in [1.82, 2.24) is 0 Å². The van der Waals surface area contributed by atoms with Crippen molar-refractivity contribution in [1.29, 1.82) is 5.26 Å². The molecule has 2 nitrogen and oxygen atoms in total. The first-order valence-corrected chi connectivity index (χ1v) is 6.30. The minimum absolute atomic E-state index is 0.0815. The van der Waals surface area contributed by atoms with Gasteiger partial charge in [-0.25, -0.2) is 0 Å². The third kappa shape index (κ3) is 7.15. The van der Waals surface area contributed by atoms with Gasteiger partial charge in [0.25, 0.3) is 0 Å². The van der Waals surface area contributed by atoms with E-state index in [9.17, 15) is 10.1 Å². The Morgan fingerprint density at radius 1 is 1.06 bits per heavy atom. The van der Waals surface area contributed by atoms with Crippen LogP contribution in [0, 0.1) is 27.6 Å². The number of hydrogen-bond acceptors (Lipinski definition) is 2. The fraction of sp³-hybridized carbons (Fsp3) is 0.867. The molecular weight excluding hydrogens is 210 g/mol. The molecule has 0 N–H and O–H groups in total. The van der Waals surface area contributed by atoms with Crippen molar-refractivity contribution in [3.63, 3.8) is 0 Å². The SMILES string of the molecule is CC(=O)CC(C)(C#N)CC(C)(C)CC(C)(C)C. The number of nitriles is 1. The summed E-state index contributed by atoms with van der Waals surface area (Å²) in [6.45, 7) is 14.5. The third-order valence-corrected chi connectivity index (χ3v) is 2.79. The van der Waals surface area contributed by atoms with Crippen molar-refractivity contribution < 1.29 is 4.79 Å². The zero-order valence-electron chi connectivity index (χ0n) is 12.5. The number of carbonyl (C=O) groups excluding carboxylic acids is 1. The fourth-order valence-corrected chi connectivity index (χ4v) is 3.25. The van der Waals surface area contributed by atoms with E-state index in [0.717, 1.165) is 12.8 Å². The highest BCUT2D eigenvalue weighted by atomic mass is 16.1. The highest BCUT2D eigenvalue weighted by Gasteiger charge is 2.35. The number of hydrogen-bond donors (Lipinski definition) is 0. The number of Topliss-reactive ketones (excluding diaryl/α,β-unsaturated/α-hetero) is 1. The Labute approximate surface area is 106 Å². The predicted octanol–water partition coefficient (Wildman–Crippen LogP) is 4.35. The van der Waals surface area contributed by atoms with Crippen molar-refractivity contribution in [2.75, 3.05) is 0 Å². The molecule has 0 saturated heterocycles. The summed E-state index contributed by atoms with van der Waals surface area (Å²) in [5.74, 6) is 0.0978. The molecule has 0 aliphatic carbocycles. The molecule has 2 heteroatoms. The van der Waals surface area contributed by atoms with Gasteiger partial charge in [0.05, 0.1) is 11.5 Å². The molecule has 0 bridgehead atoms. The molecule has 98 valence electrons. The van der Waals surface area contributed by atoms with Crippen LogP contribution in [0.1, 0.15) is 67.7 Å². The Morgan fingerprint density at radius 3 is 1.82 bits per heavy atom. The minimum Gasteiger partial charge on any atom is -0.300 e. The maximum Gasteiger partial charge on any atom is 0.131 e. The van der Waals surface area contributed by atoms with Crippen LogP contribution >= 0.6 is 0 Å². The summed E-state index contributed by atoms with van der Waals surface area (Å²) in [5.41, 5.74) is -0.200. The molecule has 0 fully saturated rings. The summed E-state index contributed by atoms with van der Waals surface area (Å²) in [6, 6.07) is 2.33. The lowest BCUT2D eigenvalue weighted by molar-refractivity contribution is -0.118. The molecule has 0 aromatic carbocycles. The van der Waals surface area contributed by atoms with Crippen molar-refractivity contribution in [2.24, 2.45) is 16.2 Å². The molecule has 0 aliphatic rings. The summed E-state index contributed by atoms with van der Waals surface area (Å²) < 4.78 is 0. The summed E-state index contributed by atoms with van der Waals surface area (Å²) in [7, 11) is 0. The molecule has 1 unspecified atom stereocenters. The van der Waals surface area contributed by atoms with E-state index in [2.05, 4.69) is 40.7 Å². The van der Waals surface area contributed by atoms with Gasteiger partial charge in [0, 0.05) is 6.42 Å². The molecule has 0 aromatic rings. The lowest BCUT2D eigenvalue weighted by Gasteiger charge is -2.37. The second-order valence-corrected chi connectivity index (χ2v) is 7.63. The zero-order chi connectivity index (χ0) is 13.9. The van der Waals surface area contributed by atoms with Gasteiger partial charge in [-0.15, -0.1) is 0 Å². The topological polar surface area (TPSA) is 40.9 Å². The maximum atomic E-state index is 11.2. The molecule has 0 rings (SSSR count). The highest BCUT2D eigenvalue weighted by Crippen LogP contribution is 2.43. The average molecular weight is 237 g/mol. The van der Waals surface area contributed by atoms with Gasteiger partial charge in [-0.05, 0) is 37.5 Å². The van der Waals surface area contributed by atoms with Gasteiger partial charge in [-0.3, -0.25) is 4.79 Å². The molecule has 0 spiro atoms. The molecule has 17 heavy (non-hydrogen) atoms. The monoisotopic (exact) mass is 237 g/mol. The normalized spacial score (nSPS) is 16.1. The first kappa shape index (κ1) is 16.2. The number of nitrogens with zero attached hydrogens (tertiary/aromatic N) is 1. The van der Waals surface area contributed by atoms with Crippen LogP contribution in [0.5, 0.6) is 0 Å². The van der Waals surface area contributed by atoms with Crippen LogP contribution in [0.2, 0.25) is 0 Å². The summed E-state index contributed by atoms with van der Waals surface area (Å²) in [6.07, 6.45) is 2.18. The fourth-order valence-electron chi connectivity index (χ4n) is 3.25. The smallest absolute Gasteiger partial charge is 0.131 e. The van der Waals surface area contributed by atoms with E-state index in [1.807, 2.05) is 6.92 Å². The Kier molecular flexibility index (Phi) is 4.95. The minimum atomic E-state index is -0.527. The Balaban J connectivity index is 4.78. The lowest BCUT2D eigenvalue weighted by Crippen LogP contribution is -2.29. The Hall–Kier alpha value is -0.840. The summed E-state index contributed by atoms with van der Waals surface area (Å²) >= 11 is 0. The molecule has 0 aromatic heterocycles. The van der Waals surface area contributed by atoms with E-state index in [1.54, 1.807) is 6.92 Å². The van der Waals surface area contributed by atoms with Crippen LogP contribution in [-0.2, 0) is 4.79 Å². The van der Waals surface area contributed by atoms with E-state index in [4.69, 9.17) is 0 Å². The summed E-state index contributed by atoms with van der Waals surface area (Å²) in [4.78, 5) is 11.2. The second-order valence-electron chi connectivity index (χ2n) is 7.63. The van der Waals surface area contributed by atoms with Gasteiger partial charge in [0.1, 0.15) is 5.78 Å². The third-order valence-electron chi connectivity index (χ3n) is 2.79. The van der Waals surface area contributed by atoms with Crippen LogP contribution in [0.3, 0.4) is 0 Å². The first-order valence-electron chi connectivity index (χ1n) is 6.30. The largest absolute Gasteiger partial charge is 0.300 e. The number of carbonyl (C=O) groups is 1. The van der Waals surface area contributed by atoms with Crippen LogP contribution in [0.4, 0.5) is 0 Å². The Morgan fingerprint density at radius 2 is 1.53 bits per heavy atom. The van der Waals surface area contributed by atoms with Crippen LogP contribution < -0.4 is 0 Å². The van der Waals surface area contributed by atoms with Crippen molar-refractivity contribution >= 4 is 5.78 Å². The molecule has 1 atom stereocenters. The highest BCUT2D eigenvalue weighted by molar-refractivity contribution is 5.76. The van der Waals surface area contributed by atoms with Gasteiger partial charge in [-0.2, -0.15) is 5.26 Å². The van der Waals surface area contributed by atoms with Crippen molar-refractivity contribution in [2.45, 2.75) is 67.7 Å². The quantitative estimate of drug-likeness (QED) is 0.713.